The Morgan fingerprint density at radius 1 is 1.39 bits per heavy atom. The first-order valence-electron chi connectivity index (χ1n) is 6.97. The van der Waals surface area contributed by atoms with Crippen LogP contribution in [0.5, 0.6) is 0 Å². The van der Waals surface area contributed by atoms with Crippen LogP contribution in [0.25, 0.3) is 11.0 Å². The van der Waals surface area contributed by atoms with Crippen molar-refractivity contribution >= 4 is 16.7 Å². The van der Waals surface area contributed by atoms with Crippen molar-refractivity contribution in [3.05, 3.63) is 24.0 Å². The molecular formula is C15H21N3. The fraction of sp³-hybridized carbons (Fsp3) is 0.533. The lowest BCUT2D eigenvalue weighted by molar-refractivity contribution is 0.525. The summed E-state index contributed by atoms with van der Waals surface area (Å²) in [7, 11) is 0. The van der Waals surface area contributed by atoms with Crippen molar-refractivity contribution in [2.75, 3.05) is 5.32 Å². The van der Waals surface area contributed by atoms with Gasteiger partial charge in [0.05, 0.1) is 11.0 Å². The summed E-state index contributed by atoms with van der Waals surface area (Å²) >= 11 is 0. The summed E-state index contributed by atoms with van der Waals surface area (Å²) in [6.07, 6.45) is 5.31. The van der Waals surface area contributed by atoms with Crippen LogP contribution in [0.4, 0.5) is 5.69 Å². The van der Waals surface area contributed by atoms with E-state index in [9.17, 15) is 0 Å². The minimum Gasteiger partial charge on any atom is -0.382 e. The van der Waals surface area contributed by atoms with Crippen LogP contribution in [0, 0.1) is 12.8 Å². The monoisotopic (exact) mass is 243 g/mol. The van der Waals surface area contributed by atoms with Gasteiger partial charge in [0.25, 0.3) is 0 Å². The minimum absolute atomic E-state index is 0.649. The van der Waals surface area contributed by atoms with Crippen LogP contribution in [0.3, 0.4) is 0 Å². The van der Waals surface area contributed by atoms with Crippen LogP contribution in [-0.4, -0.2) is 16.0 Å². The van der Waals surface area contributed by atoms with Crippen molar-refractivity contribution < 1.29 is 0 Å². The molecule has 2 N–H and O–H groups in total. The van der Waals surface area contributed by atoms with Crippen LogP contribution in [0.2, 0.25) is 0 Å². The van der Waals surface area contributed by atoms with Crippen LogP contribution in [0.15, 0.2) is 18.2 Å². The van der Waals surface area contributed by atoms with Crippen LogP contribution >= 0.6 is 0 Å². The molecule has 1 saturated carbocycles. The highest BCUT2D eigenvalue weighted by Gasteiger charge is 2.22. The summed E-state index contributed by atoms with van der Waals surface area (Å²) in [5.74, 6) is 1.90. The Balaban J connectivity index is 1.74. The van der Waals surface area contributed by atoms with Crippen molar-refractivity contribution in [1.29, 1.82) is 0 Å². The maximum atomic E-state index is 4.43. The molecule has 0 saturated heterocycles. The van der Waals surface area contributed by atoms with Gasteiger partial charge in [-0.05, 0) is 50.3 Å². The Hall–Kier alpha value is -1.51. The molecule has 1 aliphatic rings. The number of rotatable bonds is 3. The molecule has 1 aromatic carbocycles. The van der Waals surface area contributed by atoms with E-state index in [0.29, 0.717) is 6.04 Å². The van der Waals surface area contributed by atoms with E-state index < -0.39 is 0 Å². The quantitative estimate of drug-likeness (QED) is 0.859. The largest absolute Gasteiger partial charge is 0.382 e. The van der Waals surface area contributed by atoms with E-state index in [1.807, 2.05) is 6.92 Å². The van der Waals surface area contributed by atoms with Gasteiger partial charge < -0.3 is 10.3 Å². The standard InChI is InChI=1S/C15H21N3/c1-3-11-4-5-12(8-11)18-13-6-7-14-15(9-13)17-10(2)16-14/h6-7,9,11-12,18H,3-5,8H2,1-2H3,(H,16,17). The first-order chi connectivity index (χ1) is 8.74. The average molecular weight is 243 g/mol. The zero-order chi connectivity index (χ0) is 12.5. The van der Waals surface area contributed by atoms with Gasteiger partial charge in [-0.15, -0.1) is 0 Å². The third-order valence-electron chi connectivity index (χ3n) is 4.09. The van der Waals surface area contributed by atoms with Crippen molar-refractivity contribution in [3.8, 4) is 0 Å². The maximum absolute atomic E-state index is 4.43. The van der Waals surface area contributed by atoms with E-state index in [0.717, 1.165) is 22.8 Å². The Labute approximate surface area is 108 Å². The molecular weight excluding hydrogens is 222 g/mol. The maximum Gasteiger partial charge on any atom is 0.104 e. The Kier molecular flexibility index (Phi) is 2.98. The Morgan fingerprint density at radius 3 is 3.06 bits per heavy atom. The molecule has 96 valence electrons. The molecule has 3 heteroatoms. The van der Waals surface area contributed by atoms with Gasteiger partial charge in [0.2, 0.25) is 0 Å². The number of H-pyrrole nitrogens is 1. The van der Waals surface area contributed by atoms with E-state index in [1.54, 1.807) is 0 Å². The van der Waals surface area contributed by atoms with Crippen molar-refractivity contribution in [3.63, 3.8) is 0 Å². The Bertz CT molecular complexity index is 544. The van der Waals surface area contributed by atoms with Gasteiger partial charge in [-0.2, -0.15) is 0 Å². The molecule has 2 atom stereocenters. The molecule has 0 spiro atoms. The highest BCUT2D eigenvalue weighted by atomic mass is 14.9. The molecule has 3 nitrogen and oxygen atoms in total. The van der Waals surface area contributed by atoms with Crippen molar-refractivity contribution in [1.82, 2.24) is 9.97 Å². The number of hydrogen-bond acceptors (Lipinski definition) is 2. The molecule has 3 rings (SSSR count). The first-order valence-corrected chi connectivity index (χ1v) is 6.97. The average Bonchev–Trinajstić information content (AvgIpc) is 2.94. The summed E-state index contributed by atoms with van der Waals surface area (Å²) in [5, 5.41) is 3.66. The number of aromatic amines is 1. The number of aromatic nitrogens is 2. The lowest BCUT2D eigenvalue weighted by Crippen LogP contribution is -2.15. The highest BCUT2D eigenvalue weighted by molar-refractivity contribution is 5.79. The van der Waals surface area contributed by atoms with Crippen LogP contribution < -0.4 is 5.32 Å². The number of nitrogens with one attached hydrogen (secondary N) is 2. The van der Waals surface area contributed by atoms with Crippen LogP contribution in [-0.2, 0) is 0 Å². The number of anilines is 1. The summed E-state index contributed by atoms with van der Waals surface area (Å²) in [6.45, 7) is 4.29. The second-order valence-electron chi connectivity index (χ2n) is 5.48. The van der Waals surface area contributed by atoms with Gasteiger partial charge in [0.1, 0.15) is 5.82 Å². The SMILES string of the molecule is CCC1CCC(Nc2ccc3nc(C)[nH]c3c2)C1. The summed E-state index contributed by atoms with van der Waals surface area (Å²) in [6, 6.07) is 7.06. The molecule has 1 aromatic heterocycles. The summed E-state index contributed by atoms with van der Waals surface area (Å²) in [5.41, 5.74) is 3.39. The Morgan fingerprint density at radius 2 is 2.28 bits per heavy atom. The van der Waals surface area contributed by atoms with E-state index in [2.05, 4.69) is 40.4 Å². The second-order valence-corrected chi connectivity index (χ2v) is 5.48. The predicted octanol–water partition coefficient (Wildman–Crippen LogP) is 3.86. The smallest absolute Gasteiger partial charge is 0.104 e. The lowest BCUT2D eigenvalue weighted by atomic mass is 10.1. The van der Waals surface area contributed by atoms with Crippen LogP contribution in [0.1, 0.15) is 38.4 Å². The summed E-state index contributed by atoms with van der Waals surface area (Å²) < 4.78 is 0. The molecule has 1 heterocycles. The van der Waals surface area contributed by atoms with Crippen molar-refractivity contribution in [2.45, 2.75) is 45.6 Å². The van der Waals surface area contributed by atoms with Gasteiger partial charge in [0, 0.05) is 11.7 Å². The second kappa shape index (κ2) is 4.63. The number of benzene rings is 1. The molecule has 2 aromatic rings. The highest BCUT2D eigenvalue weighted by Crippen LogP contribution is 2.30. The zero-order valence-corrected chi connectivity index (χ0v) is 11.2. The molecule has 0 aliphatic heterocycles. The number of nitrogens with zero attached hydrogens (tertiary/aromatic N) is 1. The van der Waals surface area contributed by atoms with Gasteiger partial charge in [-0.25, -0.2) is 4.98 Å². The topological polar surface area (TPSA) is 40.7 Å². The molecule has 0 amide bonds. The van der Waals surface area contributed by atoms with E-state index in [1.165, 1.54) is 31.4 Å². The molecule has 0 bridgehead atoms. The predicted molar refractivity (Wildman–Crippen MR) is 75.9 cm³/mol. The fourth-order valence-electron chi connectivity index (χ4n) is 3.04. The fourth-order valence-corrected chi connectivity index (χ4v) is 3.04. The molecule has 1 fully saturated rings. The zero-order valence-electron chi connectivity index (χ0n) is 11.2. The molecule has 2 unspecified atom stereocenters. The summed E-state index contributed by atoms with van der Waals surface area (Å²) in [4.78, 5) is 7.72. The lowest BCUT2D eigenvalue weighted by Gasteiger charge is -2.14. The van der Waals surface area contributed by atoms with Gasteiger partial charge >= 0.3 is 0 Å². The van der Waals surface area contributed by atoms with Gasteiger partial charge in [-0.3, -0.25) is 0 Å². The van der Waals surface area contributed by atoms with E-state index in [-0.39, 0.29) is 0 Å². The normalized spacial score (nSPS) is 23.7. The number of aryl methyl sites for hydroxylation is 1. The number of imidazole rings is 1. The number of fused-ring (bicyclic) bond motifs is 1. The van der Waals surface area contributed by atoms with Gasteiger partial charge in [-0.1, -0.05) is 13.3 Å². The molecule has 1 aliphatic carbocycles. The number of hydrogen-bond donors (Lipinski definition) is 2. The van der Waals surface area contributed by atoms with Crippen molar-refractivity contribution in [2.24, 2.45) is 5.92 Å². The van der Waals surface area contributed by atoms with E-state index >= 15 is 0 Å². The third-order valence-corrected chi connectivity index (χ3v) is 4.09. The molecule has 0 radical (unpaired) electrons. The van der Waals surface area contributed by atoms with Gasteiger partial charge in [0.15, 0.2) is 0 Å². The van der Waals surface area contributed by atoms with E-state index in [4.69, 9.17) is 0 Å². The first kappa shape index (κ1) is 11.6. The molecule has 18 heavy (non-hydrogen) atoms. The minimum atomic E-state index is 0.649. The third kappa shape index (κ3) is 2.22.